The van der Waals surface area contributed by atoms with E-state index in [0.717, 1.165) is 29.1 Å². The van der Waals surface area contributed by atoms with Crippen molar-refractivity contribution in [3.05, 3.63) is 82.6 Å². The second-order valence-corrected chi connectivity index (χ2v) is 26.9. The Bertz CT molecular complexity index is 2720. The molecule has 4 N–H and O–H groups in total. The van der Waals surface area contributed by atoms with Crippen LogP contribution in [0.2, 0.25) is 0 Å². The Hall–Kier alpha value is -3.08. The molecule has 0 aliphatic carbocycles. The predicted octanol–water partition coefficient (Wildman–Crippen LogP) is 3.97. The van der Waals surface area contributed by atoms with Gasteiger partial charge in [-0.25, -0.2) is 42.1 Å². The van der Waals surface area contributed by atoms with E-state index in [2.05, 4.69) is 0 Å². The van der Waals surface area contributed by atoms with Crippen molar-refractivity contribution in [2.24, 2.45) is 11.5 Å². The third-order valence-electron chi connectivity index (χ3n) is 9.88. The summed E-state index contributed by atoms with van der Waals surface area (Å²) in [7, 11) is -18.9. The van der Waals surface area contributed by atoms with Crippen molar-refractivity contribution in [1.82, 2.24) is 8.61 Å². The molecule has 316 valence electrons. The lowest BCUT2D eigenvalue weighted by Crippen LogP contribution is -2.39. The molecule has 2 fully saturated rings. The summed E-state index contributed by atoms with van der Waals surface area (Å²) in [5.74, 6) is -0.0857. The van der Waals surface area contributed by atoms with E-state index in [1.165, 1.54) is 75.3 Å². The molecule has 0 saturated carbocycles. The molecule has 2 aliphatic heterocycles. The highest BCUT2D eigenvalue weighted by Crippen LogP contribution is 2.34. The van der Waals surface area contributed by atoms with Gasteiger partial charge in [0.15, 0.2) is 9.84 Å². The van der Waals surface area contributed by atoms with E-state index in [-0.39, 0.29) is 70.7 Å². The molecule has 0 amide bonds. The molecule has 22 heteroatoms. The second kappa shape index (κ2) is 18.3. The highest BCUT2D eigenvalue weighted by molar-refractivity contribution is 7.94. The Labute approximate surface area is 349 Å². The Balaban J connectivity index is 0.000000226. The second-order valence-electron chi connectivity index (χ2n) is 13.9. The minimum Gasteiger partial charge on any atom is -0.329 e. The van der Waals surface area contributed by atoms with E-state index in [0.29, 0.717) is 30.7 Å². The number of sulfone groups is 3. The summed E-state index contributed by atoms with van der Waals surface area (Å²) in [5, 5.41) is 8.36. The summed E-state index contributed by atoms with van der Waals surface area (Å²) < 4.78 is 131. The lowest BCUT2D eigenvalue weighted by atomic mass is 10.2. The monoisotopic (exact) mass is 931 g/mol. The molecule has 2 aliphatic rings. The van der Waals surface area contributed by atoms with Crippen LogP contribution in [0.4, 0.5) is 0 Å². The molecule has 58 heavy (non-hydrogen) atoms. The molecule has 4 heterocycles. The molecule has 0 bridgehead atoms. The highest BCUT2D eigenvalue weighted by atomic mass is 32.2. The summed E-state index contributed by atoms with van der Waals surface area (Å²) in [6.07, 6.45) is 2.84. The zero-order valence-corrected chi connectivity index (χ0v) is 37.4. The summed E-state index contributed by atoms with van der Waals surface area (Å²) in [6.45, 7) is 4.30. The van der Waals surface area contributed by atoms with E-state index in [4.69, 9.17) is 16.7 Å². The Morgan fingerprint density at radius 2 is 1.17 bits per heavy atom. The number of nitrogens with two attached hydrogens (primary N) is 2. The van der Waals surface area contributed by atoms with Gasteiger partial charge in [-0.1, -0.05) is 12.1 Å². The first-order chi connectivity index (χ1) is 27.2. The van der Waals surface area contributed by atoms with Crippen LogP contribution in [0.1, 0.15) is 55.7 Å². The van der Waals surface area contributed by atoms with Crippen LogP contribution in [0.5, 0.6) is 0 Å². The van der Waals surface area contributed by atoms with E-state index in [1.54, 1.807) is 19.9 Å². The molecular formula is C36H45N5O10S7. The maximum Gasteiger partial charge on any atom is 0.243 e. The van der Waals surface area contributed by atoms with Gasteiger partial charge in [-0.2, -0.15) is 13.9 Å². The van der Waals surface area contributed by atoms with Gasteiger partial charge in [0.05, 0.1) is 30.6 Å². The van der Waals surface area contributed by atoms with E-state index in [9.17, 15) is 42.1 Å². The zero-order chi connectivity index (χ0) is 42.7. The molecule has 2 aromatic carbocycles. The summed E-state index contributed by atoms with van der Waals surface area (Å²) in [4.78, 5) is 0.568. The highest BCUT2D eigenvalue weighted by Gasteiger charge is 2.37. The van der Waals surface area contributed by atoms with Crippen molar-refractivity contribution in [2.45, 2.75) is 97.8 Å². The number of thiophene rings is 2. The maximum atomic E-state index is 13.3. The van der Waals surface area contributed by atoms with Crippen molar-refractivity contribution in [2.75, 3.05) is 25.4 Å². The molecule has 4 aromatic rings. The van der Waals surface area contributed by atoms with Crippen molar-refractivity contribution >= 4 is 72.2 Å². The van der Waals surface area contributed by atoms with Crippen LogP contribution in [-0.4, -0.2) is 93.4 Å². The van der Waals surface area contributed by atoms with Crippen molar-refractivity contribution in [3.63, 3.8) is 0 Å². The number of hydrogen-bond acceptors (Lipinski definition) is 15. The van der Waals surface area contributed by atoms with Gasteiger partial charge in [0, 0.05) is 43.1 Å². The third-order valence-corrected chi connectivity index (χ3v) is 22.6. The van der Waals surface area contributed by atoms with Crippen LogP contribution in [0.3, 0.4) is 0 Å². The number of hydrogen-bond donors (Lipinski definition) is 2. The van der Waals surface area contributed by atoms with E-state index in [1.807, 2.05) is 6.07 Å². The average Bonchev–Trinajstić information content (AvgIpc) is 4.04. The first-order valence-corrected chi connectivity index (χ1v) is 27.3. The lowest BCUT2D eigenvalue weighted by Gasteiger charge is -2.24. The molecular weight excluding hydrogens is 887 g/mol. The van der Waals surface area contributed by atoms with Crippen LogP contribution < -0.4 is 11.5 Å². The first kappa shape index (κ1) is 46.0. The number of sulfonamides is 2. The largest absolute Gasteiger partial charge is 0.329 e. The van der Waals surface area contributed by atoms with Gasteiger partial charge in [-0.05, 0) is 107 Å². The van der Waals surface area contributed by atoms with Gasteiger partial charge in [0.25, 0.3) is 0 Å². The minimum absolute atomic E-state index is 0.00426. The fourth-order valence-corrected chi connectivity index (χ4v) is 16.5. The Kier molecular flexibility index (Phi) is 14.5. The molecule has 0 spiro atoms. The number of benzene rings is 2. The number of rotatable bonds is 14. The topological polar surface area (TPSA) is 253 Å². The first-order valence-electron chi connectivity index (χ1n) is 18.1. The molecule has 2 aromatic heterocycles. The van der Waals surface area contributed by atoms with E-state index < -0.39 is 60.9 Å². The van der Waals surface area contributed by atoms with Gasteiger partial charge >= 0.3 is 0 Å². The fourth-order valence-electron chi connectivity index (χ4n) is 6.56. The quantitative estimate of drug-likeness (QED) is 0.182. The third kappa shape index (κ3) is 9.76. The van der Waals surface area contributed by atoms with Gasteiger partial charge in [-0.3, -0.25) is 0 Å². The van der Waals surface area contributed by atoms with Gasteiger partial charge in [0.1, 0.15) is 19.4 Å². The summed E-state index contributed by atoms with van der Waals surface area (Å²) >= 11 is 1.91. The van der Waals surface area contributed by atoms with Crippen molar-refractivity contribution in [1.29, 1.82) is 5.26 Å². The predicted molar refractivity (Wildman–Crippen MR) is 221 cm³/mol. The normalized spacial score (nSPS) is 18.6. The Morgan fingerprint density at radius 1 is 0.690 bits per heavy atom. The summed E-state index contributed by atoms with van der Waals surface area (Å²) in [6, 6.07) is 17.7. The standard InChI is InChI=1S/C20H28N2O6S4.C16H17N3O4S3/c1-15(2)30(23,24)12-10-16-5-4-11-22(16)32(27,28)19-7-3-6-18(13-19)31(25,26)20-9-8-17(14-21)29-20;17-10-12-3-2-8-19(12)26(22,23)15-5-1-4-14(9-15)25(20,21)16-7-6-13(11-18)24-16/h3,6-9,13,15-16H,4-5,10-12,14,21H2,1-2H3;1,4-7,9,12H,2-3,8,10,17H2/t16-;12-/m00/s1. The van der Waals surface area contributed by atoms with Crippen LogP contribution >= 0.6 is 22.7 Å². The Morgan fingerprint density at radius 3 is 1.64 bits per heavy atom. The molecule has 0 unspecified atom stereocenters. The van der Waals surface area contributed by atoms with Crippen molar-refractivity contribution in [3.8, 4) is 6.07 Å². The number of nitrogens with zero attached hydrogens (tertiary/aromatic N) is 3. The molecule has 0 radical (unpaired) electrons. The van der Waals surface area contributed by atoms with Crippen molar-refractivity contribution < 1.29 is 42.1 Å². The minimum atomic E-state index is -3.98. The molecule has 6 rings (SSSR count). The zero-order valence-electron chi connectivity index (χ0n) is 31.7. The van der Waals surface area contributed by atoms with Gasteiger partial charge < -0.3 is 11.5 Å². The fraction of sp³-hybridized carbons (Fsp3) is 0.417. The van der Waals surface area contributed by atoms with Gasteiger partial charge in [0.2, 0.25) is 39.7 Å². The molecule has 2 saturated heterocycles. The SMILES string of the molecule is CC(C)S(=O)(=O)CC[C@@H]1CCCN1S(=O)(=O)c1cccc(S(=O)(=O)c2ccc(CN)s2)c1.N#Cc1ccc(S(=O)(=O)c2cccc(S(=O)(=O)N3CCC[C@H]3CN)c2)s1. The van der Waals surface area contributed by atoms with Gasteiger partial charge in [-0.15, -0.1) is 22.7 Å². The molecule has 15 nitrogen and oxygen atoms in total. The van der Waals surface area contributed by atoms with Crippen LogP contribution in [0.15, 0.2) is 101 Å². The maximum absolute atomic E-state index is 13.3. The van der Waals surface area contributed by atoms with E-state index >= 15 is 0 Å². The smallest absolute Gasteiger partial charge is 0.243 e. The number of nitriles is 1. The summed E-state index contributed by atoms with van der Waals surface area (Å²) in [5.41, 5.74) is 11.2. The van der Waals surface area contributed by atoms with Crippen LogP contribution in [-0.2, 0) is 56.1 Å². The average molecular weight is 932 g/mol. The van der Waals surface area contributed by atoms with Crippen LogP contribution in [0, 0.1) is 11.3 Å². The molecule has 2 atom stereocenters. The van der Waals surface area contributed by atoms with Crippen LogP contribution in [0.25, 0.3) is 0 Å². The lowest BCUT2D eigenvalue weighted by molar-refractivity contribution is 0.379.